The van der Waals surface area contributed by atoms with Crippen molar-refractivity contribution in [1.82, 2.24) is 9.80 Å². The van der Waals surface area contributed by atoms with Crippen LogP contribution in [0.25, 0.3) is 0 Å². The third-order valence-corrected chi connectivity index (χ3v) is 7.81. The van der Waals surface area contributed by atoms with Crippen molar-refractivity contribution < 1.29 is 22.4 Å². The second-order valence-electron chi connectivity index (χ2n) is 10.8. The van der Waals surface area contributed by atoms with Crippen molar-refractivity contribution in [2.24, 2.45) is 11.8 Å². The number of rotatable bonds is 7. The number of hydrogen-bond donors (Lipinski definition) is 0. The van der Waals surface area contributed by atoms with E-state index in [1.807, 2.05) is 13.8 Å². The maximum Gasteiger partial charge on any atom is 0.416 e. The second kappa shape index (κ2) is 11.3. The van der Waals surface area contributed by atoms with Gasteiger partial charge in [-0.1, -0.05) is 37.5 Å². The van der Waals surface area contributed by atoms with Gasteiger partial charge in [0.2, 0.25) is 0 Å². The average Bonchev–Trinajstić information content (AvgIpc) is 3.25. The summed E-state index contributed by atoms with van der Waals surface area (Å²) in [6.45, 7) is 6.72. The highest BCUT2D eigenvalue weighted by Gasteiger charge is 2.38. The second-order valence-corrected chi connectivity index (χ2v) is 10.8. The molecular weight excluding hydrogens is 468 g/mol. The lowest BCUT2D eigenvalue weighted by Gasteiger charge is -2.32. The topological polar surface area (TPSA) is 23.6 Å². The molecule has 2 unspecified atom stereocenters. The van der Waals surface area contributed by atoms with Gasteiger partial charge in [0, 0.05) is 43.7 Å². The van der Waals surface area contributed by atoms with Gasteiger partial charge >= 0.3 is 6.18 Å². The molecule has 1 aliphatic heterocycles. The van der Waals surface area contributed by atoms with Crippen molar-refractivity contribution >= 4 is 5.91 Å². The Bertz CT molecular complexity index is 1010. The molecule has 196 valence electrons. The minimum absolute atomic E-state index is 0.00359. The molecular formula is C29H36F4N2O. The van der Waals surface area contributed by atoms with E-state index >= 15 is 0 Å². The van der Waals surface area contributed by atoms with Crippen molar-refractivity contribution in [2.45, 2.75) is 64.1 Å². The van der Waals surface area contributed by atoms with Crippen LogP contribution in [-0.2, 0) is 6.18 Å². The smallest absolute Gasteiger partial charge is 0.336 e. The van der Waals surface area contributed by atoms with Gasteiger partial charge in [0.05, 0.1) is 5.56 Å². The van der Waals surface area contributed by atoms with E-state index < -0.39 is 17.6 Å². The summed E-state index contributed by atoms with van der Waals surface area (Å²) in [5.41, 5.74) is 0.462. The quantitative estimate of drug-likeness (QED) is 0.380. The first-order chi connectivity index (χ1) is 17.1. The molecule has 2 aromatic rings. The van der Waals surface area contributed by atoms with Gasteiger partial charge < -0.3 is 9.80 Å². The molecule has 0 aromatic heterocycles. The highest BCUT2D eigenvalue weighted by Crippen LogP contribution is 2.38. The van der Waals surface area contributed by atoms with Crippen LogP contribution in [0.5, 0.6) is 0 Å². The van der Waals surface area contributed by atoms with Gasteiger partial charge in [-0.25, -0.2) is 4.39 Å². The molecule has 0 N–H and O–H groups in total. The van der Waals surface area contributed by atoms with Crippen LogP contribution >= 0.6 is 0 Å². The number of carbonyl (C=O) groups excluding carboxylic acids is 1. The third kappa shape index (κ3) is 6.47. The van der Waals surface area contributed by atoms with Crippen LogP contribution in [0.15, 0.2) is 48.5 Å². The molecule has 1 heterocycles. The summed E-state index contributed by atoms with van der Waals surface area (Å²) in [4.78, 5) is 17.5. The molecule has 2 aromatic carbocycles. The van der Waals surface area contributed by atoms with Crippen LogP contribution in [0.3, 0.4) is 0 Å². The highest BCUT2D eigenvalue weighted by molar-refractivity contribution is 5.94. The number of alkyl halides is 3. The molecule has 0 bridgehead atoms. The fraction of sp³-hybridized carbons (Fsp3) is 0.552. The zero-order chi connectivity index (χ0) is 25.9. The van der Waals surface area contributed by atoms with Gasteiger partial charge in [-0.15, -0.1) is 0 Å². The zero-order valence-corrected chi connectivity index (χ0v) is 21.1. The zero-order valence-electron chi connectivity index (χ0n) is 21.1. The van der Waals surface area contributed by atoms with E-state index in [4.69, 9.17) is 0 Å². The van der Waals surface area contributed by atoms with Crippen LogP contribution < -0.4 is 0 Å². The summed E-state index contributed by atoms with van der Waals surface area (Å²) in [5.74, 6) is -0.0522. The van der Waals surface area contributed by atoms with E-state index in [1.54, 1.807) is 11.0 Å². The van der Waals surface area contributed by atoms with Gasteiger partial charge in [-0.3, -0.25) is 4.79 Å². The normalized spacial score (nSPS) is 21.8. The Morgan fingerprint density at radius 2 is 1.72 bits per heavy atom. The minimum Gasteiger partial charge on any atom is -0.336 e. The van der Waals surface area contributed by atoms with E-state index in [0.29, 0.717) is 30.1 Å². The Balaban J connectivity index is 1.58. The first kappa shape index (κ1) is 26.6. The monoisotopic (exact) mass is 504 g/mol. The Labute approximate surface area is 211 Å². The van der Waals surface area contributed by atoms with E-state index in [-0.39, 0.29) is 23.8 Å². The summed E-state index contributed by atoms with van der Waals surface area (Å²) in [5, 5.41) is 0. The molecule has 2 atom stereocenters. The van der Waals surface area contributed by atoms with Crippen molar-refractivity contribution in [3.63, 3.8) is 0 Å². The standard InChI is InChI=1S/C29H36F4N2O/c1-20(2)35(28(36)22-11-13-26(30)14-12-22)18-24-17-34(16-21-7-4-3-5-8-21)19-27(24)23-9-6-10-25(15-23)29(31,32)33/h6,9-15,20-21,24,27H,3-5,7-8,16-19H2,1-2H3. The summed E-state index contributed by atoms with van der Waals surface area (Å²) < 4.78 is 53.9. The van der Waals surface area contributed by atoms with Crippen molar-refractivity contribution in [3.8, 4) is 0 Å². The average molecular weight is 505 g/mol. The summed E-state index contributed by atoms with van der Waals surface area (Å²) in [6, 6.07) is 11.1. The Hall–Kier alpha value is -2.41. The van der Waals surface area contributed by atoms with Gasteiger partial charge in [-0.05, 0) is 74.4 Å². The molecule has 1 aliphatic carbocycles. The maximum absolute atomic E-state index is 13.5. The van der Waals surface area contributed by atoms with Gasteiger partial charge in [0.15, 0.2) is 0 Å². The Morgan fingerprint density at radius 1 is 1.03 bits per heavy atom. The predicted octanol–water partition coefficient (Wildman–Crippen LogP) is 6.99. The Kier molecular flexibility index (Phi) is 8.38. The van der Waals surface area contributed by atoms with Gasteiger partial charge in [0.25, 0.3) is 5.91 Å². The largest absolute Gasteiger partial charge is 0.416 e. The highest BCUT2D eigenvalue weighted by atomic mass is 19.4. The maximum atomic E-state index is 13.5. The summed E-state index contributed by atoms with van der Waals surface area (Å²) in [6.07, 6.45) is 1.78. The van der Waals surface area contributed by atoms with E-state index in [9.17, 15) is 22.4 Å². The van der Waals surface area contributed by atoms with E-state index in [1.165, 1.54) is 68.5 Å². The number of carbonyl (C=O) groups is 1. The lowest BCUT2D eigenvalue weighted by atomic mass is 9.87. The molecule has 2 aliphatic rings. The number of amides is 1. The molecule has 1 saturated carbocycles. The van der Waals surface area contributed by atoms with Crippen molar-refractivity contribution in [3.05, 3.63) is 71.0 Å². The van der Waals surface area contributed by atoms with Gasteiger partial charge in [-0.2, -0.15) is 13.2 Å². The van der Waals surface area contributed by atoms with E-state index in [0.717, 1.165) is 19.2 Å². The fourth-order valence-electron chi connectivity index (χ4n) is 5.89. The molecule has 3 nitrogen and oxygen atoms in total. The Morgan fingerprint density at radius 3 is 2.36 bits per heavy atom. The fourth-order valence-corrected chi connectivity index (χ4v) is 5.89. The lowest BCUT2D eigenvalue weighted by Crippen LogP contribution is -2.42. The van der Waals surface area contributed by atoms with Crippen LogP contribution in [0.1, 0.15) is 73.4 Å². The SMILES string of the molecule is CC(C)N(CC1CN(CC2CCCCC2)CC1c1cccc(C(F)(F)F)c1)C(=O)c1ccc(F)cc1. The first-order valence-corrected chi connectivity index (χ1v) is 13.1. The molecule has 1 amide bonds. The number of hydrogen-bond acceptors (Lipinski definition) is 2. The van der Waals surface area contributed by atoms with Crippen LogP contribution in [0.2, 0.25) is 0 Å². The molecule has 36 heavy (non-hydrogen) atoms. The molecule has 4 rings (SSSR count). The molecule has 0 spiro atoms. The first-order valence-electron chi connectivity index (χ1n) is 13.1. The van der Waals surface area contributed by atoms with Crippen LogP contribution in [0, 0.1) is 17.7 Å². The molecule has 1 saturated heterocycles. The third-order valence-electron chi connectivity index (χ3n) is 7.81. The summed E-state index contributed by atoms with van der Waals surface area (Å²) >= 11 is 0. The number of benzene rings is 2. The minimum atomic E-state index is -4.39. The molecule has 7 heteroatoms. The van der Waals surface area contributed by atoms with Crippen LogP contribution in [-0.4, -0.2) is 47.9 Å². The lowest BCUT2D eigenvalue weighted by molar-refractivity contribution is -0.137. The number of halogens is 4. The number of likely N-dealkylation sites (tertiary alicyclic amines) is 1. The molecule has 0 radical (unpaired) electrons. The molecule has 2 fully saturated rings. The van der Waals surface area contributed by atoms with Crippen LogP contribution in [0.4, 0.5) is 17.6 Å². The van der Waals surface area contributed by atoms with Crippen molar-refractivity contribution in [2.75, 3.05) is 26.2 Å². The number of nitrogens with zero attached hydrogens (tertiary/aromatic N) is 2. The van der Waals surface area contributed by atoms with E-state index in [2.05, 4.69) is 4.90 Å². The summed E-state index contributed by atoms with van der Waals surface area (Å²) in [7, 11) is 0. The predicted molar refractivity (Wildman–Crippen MR) is 133 cm³/mol. The van der Waals surface area contributed by atoms with Gasteiger partial charge in [0.1, 0.15) is 5.82 Å². The van der Waals surface area contributed by atoms with Crippen molar-refractivity contribution in [1.29, 1.82) is 0 Å².